The number of nitrogens with one attached hydrogen (secondary N) is 1. The van der Waals surface area contributed by atoms with Gasteiger partial charge in [0.25, 0.3) is 0 Å². The summed E-state index contributed by atoms with van der Waals surface area (Å²) in [4.78, 5) is 18.8. The van der Waals surface area contributed by atoms with Crippen molar-refractivity contribution < 1.29 is 14.6 Å². The minimum Gasteiger partial charge on any atom is -0.497 e. The van der Waals surface area contributed by atoms with Crippen LogP contribution in [0.2, 0.25) is 0 Å². The molecule has 1 aromatic carbocycles. The van der Waals surface area contributed by atoms with Crippen LogP contribution in [0.4, 0.5) is 0 Å². The molecule has 2 N–H and O–H groups in total. The van der Waals surface area contributed by atoms with Gasteiger partial charge in [-0.05, 0) is 24.6 Å². The Morgan fingerprint density at radius 2 is 2.10 bits per heavy atom. The molecule has 110 valence electrons. The second-order valence-corrected chi connectivity index (χ2v) is 4.56. The van der Waals surface area contributed by atoms with Crippen molar-refractivity contribution in [2.24, 2.45) is 0 Å². The summed E-state index contributed by atoms with van der Waals surface area (Å²) in [5, 5.41) is 12.3. The van der Waals surface area contributed by atoms with Gasteiger partial charge in [-0.25, -0.2) is 14.8 Å². The van der Waals surface area contributed by atoms with Gasteiger partial charge in [0.2, 0.25) is 0 Å². The largest absolute Gasteiger partial charge is 0.497 e. The Labute approximate surface area is 122 Å². The van der Waals surface area contributed by atoms with Crippen LogP contribution in [0.5, 0.6) is 5.75 Å². The lowest BCUT2D eigenvalue weighted by molar-refractivity contribution is 0.0694. The SMILES string of the molecule is COc1ccc([C@H](C)NCc2ncncc2C(=O)O)cc1. The number of methoxy groups -OCH3 is 1. The van der Waals surface area contributed by atoms with Crippen LogP contribution in [0.3, 0.4) is 0 Å². The average molecular weight is 287 g/mol. The predicted molar refractivity (Wildman–Crippen MR) is 77.2 cm³/mol. The maximum absolute atomic E-state index is 11.1. The zero-order chi connectivity index (χ0) is 15.2. The van der Waals surface area contributed by atoms with E-state index in [2.05, 4.69) is 15.3 Å². The first-order chi connectivity index (χ1) is 10.1. The van der Waals surface area contributed by atoms with E-state index in [1.807, 2.05) is 31.2 Å². The monoisotopic (exact) mass is 287 g/mol. The Balaban J connectivity index is 2.03. The first-order valence-electron chi connectivity index (χ1n) is 6.51. The van der Waals surface area contributed by atoms with Crippen molar-refractivity contribution in [1.29, 1.82) is 0 Å². The Morgan fingerprint density at radius 1 is 1.38 bits per heavy atom. The van der Waals surface area contributed by atoms with Crippen molar-refractivity contribution >= 4 is 5.97 Å². The number of aromatic nitrogens is 2. The third-order valence-electron chi connectivity index (χ3n) is 3.22. The lowest BCUT2D eigenvalue weighted by Crippen LogP contribution is -2.20. The van der Waals surface area contributed by atoms with Gasteiger partial charge in [-0.2, -0.15) is 0 Å². The van der Waals surface area contributed by atoms with Crippen molar-refractivity contribution in [3.05, 3.63) is 53.6 Å². The molecule has 1 aromatic heterocycles. The zero-order valence-corrected chi connectivity index (χ0v) is 11.9. The molecule has 2 rings (SSSR count). The third kappa shape index (κ3) is 3.76. The number of benzene rings is 1. The quantitative estimate of drug-likeness (QED) is 0.845. The fraction of sp³-hybridized carbons (Fsp3) is 0.267. The number of aromatic carboxylic acids is 1. The molecule has 0 unspecified atom stereocenters. The summed E-state index contributed by atoms with van der Waals surface area (Å²) in [6, 6.07) is 7.78. The predicted octanol–water partition coefficient (Wildman–Crippen LogP) is 2.03. The van der Waals surface area contributed by atoms with Crippen molar-refractivity contribution in [2.75, 3.05) is 7.11 Å². The van der Waals surface area contributed by atoms with Crippen LogP contribution < -0.4 is 10.1 Å². The summed E-state index contributed by atoms with van der Waals surface area (Å²) in [7, 11) is 1.62. The molecule has 0 radical (unpaired) electrons. The van der Waals surface area contributed by atoms with E-state index < -0.39 is 5.97 Å². The fourth-order valence-corrected chi connectivity index (χ4v) is 1.93. The number of ether oxygens (including phenoxy) is 1. The van der Waals surface area contributed by atoms with E-state index in [4.69, 9.17) is 9.84 Å². The molecule has 2 aromatic rings. The lowest BCUT2D eigenvalue weighted by Gasteiger charge is -2.15. The van der Waals surface area contributed by atoms with Crippen LogP contribution in [-0.4, -0.2) is 28.2 Å². The van der Waals surface area contributed by atoms with Gasteiger partial charge in [-0.3, -0.25) is 0 Å². The molecule has 21 heavy (non-hydrogen) atoms. The molecule has 6 heteroatoms. The highest BCUT2D eigenvalue weighted by Crippen LogP contribution is 2.17. The summed E-state index contributed by atoms with van der Waals surface area (Å²) in [5.41, 5.74) is 1.67. The maximum atomic E-state index is 11.1. The third-order valence-corrected chi connectivity index (χ3v) is 3.22. The van der Waals surface area contributed by atoms with E-state index in [9.17, 15) is 4.79 Å². The Hall–Kier alpha value is -2.47. The van der Waals surface area contributed by atoms with E-state index in [0.717, 1.165) is 11.3 Å². The summed E-state index contributed by atoms with van der Waals surface area (Å²) >= 11 is 0. The zero-order valence-electron chi connectivity index (χ0n) is 11.9. The number of hydrogen-bond acceptors (Lipinski definition) is 5. The number of rotatable bonds is 6. The summed E-state index contributed by atoms with van der Waals surface area (Å²) in [5.74, 6) is -0.223. The van der Waals surface area contributed by atoms with Crippen LogP contribution in [0.15, 0.2) is 36.8 Å². The van der Waals surface area contributed by atoms with Crippen molar-refractivity contribution in [2.45, 2.75) is 19.5 Å². The fourth-order valence-electron chi connectivity index (χ4n) is 1.93. The van der Waals surface area contributed by atoms with Gasteiger partial charge in [0.05, 0.1) is 12.8 Å². The van der Waals surface area contributed by atoms with Crippen LogP contribution in [-0.2, 0) is 6.54 Å². The summed E-state index contributed by atoms with van der Waals surface area (Å²) in [6.45, 7) is 2.36. The van der Waals surface area contributed by atoms with E-state index in [1.165, 1.54) is 12.5 Å². The lowest BCUT2D eigenvalue weighted by atomic mass is 10.1. The molecule has 0 spiro atoms. The molecular formula is C15H17N3O3. The first-order valence-corrected chi connectivity index (χ1v) is 6.51. The smallest absolute Gasteiger partial charge is 0.339 e. The molecule has 0 aliphatic heterocycles. The van der Waals surface area contributed by atoms with Crippen LogP contribution in [0.1, 0.15) is 34.6 Å². The standard InChI is InChI=1S/C15H17N3O3/c1-10(11-3-5-12(21-2)6-4-11)17-8-14-13(15(19)20)7-16-9-18-14/h3-7,9-10,17H,8H2,1-2H3,(H,19,20)/t10-/m0/s1. The summed E-state index contributed by atoms with van der Waals surface area (Å²) < 4.78 is 5.12. The van der Waals surface area contributed by atoms with Gasteiger partial charge in [-0.1, -0.05) is 12.1 Å². The highest BCUT2D eigenvalue weighted by molar-refractivity contribution is 5.88. The van der Waals surface area contributed by atoms with Gasteiger partial charge in [0.15, 0.2) is 0 Å². The molecule has 0 saturated carbocycles. The molecule has 0 saturated heterocycles. The van der Waals surface area contributed by atoms with Crippen LogP contribution >= 0.6 is 0 Å². The van der Waals surface area contributed by atoms with Gasteiger partial charge in [0, 0.05) is 18.8 Å². The van der Waals surface area contributed by atoms with Crippen molar-refractivity contribution in [3.63, 3.8) is 0 Å². The van der Waals surface area contributed by atoms with Crippen LogP contribution in [0.25, 0.3) is 0 Å². The van der Waals surface area contributed by atoms with Crippen molar-refractivity contribution in [1.82, 2.24) is 15.3 Å². The molecule has 0 aliphatic carbocycles. The molecule has 0 amide bonds. The van der Waals surface area contributed by atoms with Gasteiger partial charge < -0.3 is 15.2 Å². The van der Waals surface area contributed by atoms with Gasteiger partial charge in [-0.15, -0.1) is 0 Å². The number of hydrogen-bond donors (Lipinski definition) is 2. The number of carbonyl (C=O) groups is 1. The molecule has 1 atom stereocenters. The minimum atomic E-state index is -1.02. The van der Waals surface area contributed by atoms with Crippen molar-refractivity contribution in [3.8, 4) is 5.75 Å². The van der Waals surface area contributed by atoms with Gasteiger partial charge in [0.1, 0.15) is 17.6 Å². The maximum Gasteiger partial charge on any atom is 0.339 e. The van der Waals surface area contributed by atoms with E-state index >= 15 is 0 Å². The molecule has 0 bridgehead atoms. The average Bonchev–Trinajstić information content (AvgIpc) is 2.52. The molecule has 0 aliphatic rings. The minimum absolute atomic E-state index is 0.0625. The second-order valence-electron chi connectivity index (χ2n) is 4.56. The Kier molecular flexibility index (Phi) is 4.84. The summed E-state index contributed by atoms with van der Waals surface area (Å²) in [6.07, 6.45) is 2.66. The number of carboxylic acids is 1. The van der Waals surface area contributed by atoms with E-state index in [0.29, 0.717) is 12.2 Å². The Morgan fingerprint density at radius 3 is 2.71 bits per heavy atom. The normalized spacial score (nSPS) is 11.9. The Bertz CT molecular complexity index is 614. The molecular weight excluding hydrogens is 270 g/mol. The van der Waals surface area contributed by atoms with Gasteiger partial charge >= 0.3 is 5.97 Å². The number of nitrogens with zero attached hydrogens (tertiary/aromatic N) is 2. The highest BCUT2D eigenvalue weighted by Gasteiger charge is 2.12. The van der Waals surface area contributed by atoms with E-state index in [-0.39, 0.29) is 11.6 Å². The number of carboxylic acid groups (broad SMARTS) is 1. The molecule has 0 fully saturated rings. The highest BCUT2D eigenvalue weighted by atomic mass is 16.5. The first kappa shape index (κ1) is 14.9. The topological polar surface area (TPSA) is 84.3 Å². The molecule has 6 nitrogen and oxygen atoms in total. The molecule has 1 heterocycles. The van der Waals surface area contributed by atoms with Crippen LogP contribution in [0, 0.1) is 0 Å². The second kappa shape index (κ2) is 6.81. The van der Waals surface area contributed by atoms with E-state index in [1.54, 1.807) is 7.11 Å².